The van der Waals surface area contributed by atoms with Crippen LogP contribution in [0.4, 0.5) is 0 Å². The Hall–Kier alpha value is -1.26. The van der Waals surface area contributed by atoms with Crippen molar-refractivity contribution in [3.8, 4) is 11.5 Å². The second kappa shape index (κ2) is 6.47. The number of hydrogen-bond acceptors (Lipinski definition) is 4. The first kappa shape index (κ1) is 15.6. The van der Waals surface area contributed by atoms with Gasteiger partial charge in [-0.15, -0.1) is 0 Å². The zero-order valence-electron chi connectivity index (χ0n) is 14.0. The number of ether oxygens (including phenoxy) is 3. The molecule has 2 heterocycles. The van der Waals surface area contributed by atoms with E-state index in [9.17, 15) is 0 Å². The van der Waals surface area contributed by atoms with Gasteiger partial charge in [-0.3, -0.25) is 0 Å². The number of fused-ring (bicyclic) bond motifs is 1. The van der Waals surface area contributed by atoms with Gasteiger partial charge in [0.05, 0.1) is 25.9 Å². The van der Waals surface area contributed by atoms with Crippen molar-refractivity contribution in [1.29, 1.82) is 0 Å². The molecule has 4 atom stereocenters. The van der Waals surface area contributed by atoms with Gasteiger partial charge in [-0.25, -0.2) is 0 Å². The van der Waals surface area contributed by atoms with Crippen LogP contribution in [0.1, 0.15) is 50.3 Å². The number of aryl methyl sites for hydroxylation is 1. The van der Waals surface area contributed by atoms with Crippen molar-refractivity contribution in [1.82, 2.24) is 5.32 Å². The Morgan fingerprint density at radius 2 is 1.91 bits per heavy atom. The summed E-state index contributed by atoms with van der Waals surface area (Å²) in [6, 6.07) is 5.10. The lowest BCUT2D eigenvalue weighted by atomic mass is 9.94. The average molecular weight is 305 g/mol. The average Bonchev–Trinajstić information content (AvgIpc) is 2.46. The summed E-state index contributed by atoms with van der Waals surface area (Å²) < 4.78 is 17.2. The Morgan fingerprint density at radius 3 is 2.59 bits per heavy atom. The van der Waals surface area contributed by atoms with Crippen LogP contribution < -0.4 is 14.8 Å². The van der Waals surface area contributed by atoms with Crippen LogP contribution in [0.2, 0.25) is 0 Å². The first-order chi connectivity index (χ1) is 10.6. The van der Waals surface area contributed by atoms with Crippen molar-refractivity contribution in [3.63, 3.8) is 0 Å². The Bertz CT molecular complexity index is 521. The molecular formula is C18H27NO3. The highest BCUT2D eigenvalue weighted by Gasteiger charge is 2.30. The molecule has 0 amide bonds. The van der Waals surface area contributed by atoms with Gasteiger partial charge in [0.15, 0.2) is 11.5 Å². The molecule has 122 valence electrons. The molecule has 3 rings (SSSR count). The van der Waals surface area contributed by atoms with Gasteiger partial charge in [-0.2, -0.15) is 0 Å². The maximum absolute atomic E-state index is 5.87. The molecule has 1 unspecified atom stereocenters. The highest BCUT2D eigenvalue weighted by Crippen LogP contribution is 2.41. The van der Waals surface area contributed by atoms with Crippen molar-refractivity contribution in [2.75, 3.05) is 13.7 Å². The quantitative estimate of drug-likeness (QED) is 0.929. The molecule has 1 aromatic carbocycles. The Labute approximate surface area is 133 Å². The molecular weight excluding hydrogens is 278 g/mol. The summed E-state index contributed by atoms with van der Waals surface area (Å²) in [7, 11) is 1.71. The van der Waals surface area contributed by atoms with E-state index in [1.165, 1.54) is 11.1 Å². The Morgan fingerprint density at radius 1 is 1.18 bits per heavy atom. The molecule has 4 nitrogen and oxygen atoms in total. The predicted molar refractivity (Wildman–Crippen MR) is 86.8 cm³/mol. The zero-order chi connectivity index (χ0) is 15.7. The van der Waals surface area contributed by atoms with E-state index in [1.54, 1.807) is 7.11 Å². The lowest BCUT2D eigenvalue weighted by molar-refractivity contribution is -0.0442. The minimum atomic E-state index is 0.326. The fourth-order valence-corrected chi connectivity index (χ4v) is 3.77. The lowest BCUT2D eigenvalue weighted by Crippen LogP contribution is -2.43. The van der Waals surface area contributed by atoms with E-state index in [-0.39, 0.29) is 0 Å². The van der Waals surface area contributed by atoms with Crippen LogP contribution in [0, 0.1) is 6.92 Å². The predicted octanol–water partition coefficient (Wildman–Crippen LogP) is 3.37. The molecule has 0 saturated carbocycles. The van der Waals surface area contributed by atoms with E-state index in [0.717, 1.165) is 37.4 Å². The lowest BCUT2D eigenvalue weighted by Gasteiger charge is -2.37. The number of hydrogen-bond donors (Lipinski definition) is 1. The monoisotopic (exact) mass is 305 g/mol. The molecule has 0 aliphatic carbocycles. The van der Waals surface area contributed by atoms with Crippen molar-refractivity contribution in [2.45, 2.75) is 64.3 Å². The number of rotatable bonds is 3. The van der Waals surface area contributed by atoms with Crippen LogP contribution >= 0.6 is 0 Å². The minimum Gasteiger partial charge on any atom is -0.493 e. The third kappa shape index (κ3) is 3.23. The molecule has 1 fully saturated rings. The summed E-state index contributed by atoms with van der Waals surface area (Å²) in [4.78, 5) is 0. The highest BCUT2D eigenvalue weighted by molar-refractivity contribution is 5.51. The zero-order valence-corrected chi connectivity index (χ0v) is 14.0. The molecule has 0 aromatic heterocycles. The van der Waals surface area contributed by atoms with E-state index in [0.29, 0.717) is 24.3 Å². The second-order valence-corrected chi connectivity index (χ2v) is 6.67. The van der Waals surface area contributed by atoms with Crippen LogP contribution in [-0.4, -0.2) is 32.0 Å². The molecule has 1 saturated heterocycles. The number of benzene rings is 1. The maximum Gasteiger partial charge on any atom is 0.165 e. The summed E-state index contributed by atoms with van der Waals surface area (Å²) >= 11 is 0. The molecule has 4 heteroatoms. The van der Waals surface area contributed by atoms with Crippen molar-refractivity contribution >= 4 is 0 Å². The van der Waals surface area contributed by atoms with Crippen molar-refractivity contribution in [3.05, 3.63) is 23.3 Å². The van der Waals surface area contributed by atoms with E-state index >= 15 is 0 Å². The van der Waals surface area contributed by atoms with Crippen molar-refractivity contribution in [2.24, 2.45) is 0 Å². The van der Waals surface area contributed by atoms with Gasteiger partial charge in [0.25, 0.3) is 0 Å². The first-order valence-electron chi connectivity index (χ1n) is 8.29. The summed E-state index contributed by atoms with van der Waals surface area (Å²) in [5.74, 6) is 1.75. The van der Waals surface area contributed by atoms with Gasteiger partial charge in [-0.1, -0.05) is 6.07 Å². The largest absolute Gasteiger partial charge is 0.493 e. The van der Waals surface area contributed by atoms with Gasteiger partial charge in [-0.05, 0) is 45.2 Å². The van der Waals surface area contributed by atoms with Crippen LogP contribution in [0.3, 0.4) is 0 Å². The van der Waals surface area contributed by atoms with Crippen LogP contribution in [0.25, 0.3) is 0 Å². The smallest absolute Gasteiger partial charge is 0.165 e. The topological polar surface area (TPSA) is 39.7 Å². The highest BCUT2D eigenvalue weighted by atomic mass is 16.5. The van der Waals surface area contributed by atoms with Gasteiger partial charge < -0.3 is 19.5 Å². The summed E-state index contributed by atoms with van der Waals surface area (Å²) in [6.07, 6.45) is 3.79. The Kier molecular flexibility index (Phi) is 4.59. The van der Waals surface area contributed by atoms with E-state index < -0.39 is 0 Å². The van der Waals surface area contributed by atoms with Crippen molar-refractivity contribution < 1.29 is 14.2 Å². The van der Waals surface area contributed by atoms with Gasteiger partial charge in [0.1, 0.15) is 0 Å². The van der Waals surface area contributed by atoms with E-state index in [1.807, 2.05) is 6.07 Å². The van der Waals surface area contributed by atoms with Gasteiger partial charge in [0, 0.05) is 24.1 Å². The number of nitrogens with one attached hydrogen (secondary N) is 1. The summed E-state index contributed by atoms with van der Waals surface area (Å²) in [5.41, 5.74) is 2.44. The SMILES string of the molecule is COc1cc(C)cc2c1OCC[C@@H]2NC1C[C@@H](C)O[C@@H](C)C1. The van der Waals surface area contributed by atoms with Crippen LogP contribution in [-0.2, 0) is 4.74 Å². The molecule has 0 spiro atoms. The number of methoxy groups -OCH3 is 1. The fraction of sp³-hybridized carbons (Fsp3) is 0.667. The third-order valence-electron chi connectivity index (χ3n) is 4.61. The first-order valence-corrected chi connectivity index (χ1v) is 8.29. The standard InChI is InChI=1S/C18H27NO3/c1-11-7-15-16(5-6-21-18(15)17(8-11)20-4)19-14-9-12(2)22-13(3)10-14/h7-8,12-14,16,19H,5-6,9-10H2,1-4H3/t12-,13+,14?,16-/m0/s1. The van der Waals surface area contributed by atoms with Gasteiger partial charge >= 0.3 is 0 Å². The fourth-order valence-electron chi connectivity index (χ4n) is 3.77. The van der Waals surface area contributed by atoms with Crippen LogP contribution in [0.5, 0.6) is 11.5 Å². The molecule has 22 heavy (non-hydrogen) atoms. The molecule has 2 aliphatic heterocycles. The Balaban J connectivity index is 1.81. The normalized spacial score (nSPS) is 31.3. The molecule has 0 radical (unpaired) electrons. The van der Waals surface area contributed by atoms with E-state index in [4.69, 9.17) is 14.2 Å². The van der Waals surface area contributed by atoms with Gasteiger partial charge in [0.2, 0.25) is 0 Å². The molecule has 1 N–H and O–H groups in total. The summed E-state index contributed by atoms with van der Waals surface area (Å²) in [5, 5.41) is 3.84. The third-order valence-corrected chi connectivity index (χ3v) is 4.61. The molecule has 2 aliphatic rings. The second-order valence-electron chi connectivity index (χ2n) is 6.67. The summed E-state index contributed by atoms with van der Waals surface area (Å²) in [6.45, 7) is 7.16. The molecule has 1 aromatic rings. The molecule has 0 bridgehead atoms. The van der Waals surface area contributed by atoms with E-state index in [2.05, 4.69) is 32.2 Å². The van der Waals surface area contributed by atoms with Crippen LogP contribution in [0.15, 0.2) is 12.1 Å². The minimum absolute atomic E-state index is 0.326. The maximum atomic E-state index is 5.87.